The van der Waals surface area contributed by atoms with Gasteiger partial charge in [0, 0.05) is 6.42 Å². The maximum absolute atomic E-state index is 11.6. The van der Waals surface area contributed by atoms with Gasteiger partial charge in [0.05, 0.1) is 13.2 Å². The second kappa shape index (κ2) is 19.3. The van der Waals surface area contributed by atoms with E-state index in [2.05, 4.69) is 28.1 Å². The van der Waals surface area contributed by atoms with Crippen molar-refractivity contribution in [3.8, 4) is 0 Å². The first-order valence-corrected chi connectivity index (χ1v) is 12.5. The summed E-state index contributed by atoms with van der Waals surface area (Å²) in [5, 5.41) is 17.7. The third-order valence-electron chi connectivity index (χ3n) is 4.50. The second-order valence-electron chi connectivity index (χ2n) is 7.40. The highest BCUT2D eigenvalue weighted by atomic mass is 31.2. The summed E-state index contributed by atoms with van der Waals surface area (Å²) in [5.41, 5.74) is 0. The Bertz CT molecular complexity index is 468. The van der Waals surface area contributed by atoms with Crippen LogP contribution in [0, 0.1) is 0 Å². The van der Waals surface area contributed by atoms with E-state index in [1.807, 2.05) is 0 Å². The van der Waals surface area contributed by atoms with E-state index in [1.165, 1.54) is 44.9 Å². The minimum Gasteiger partial charge on any atom is -0.394 e. The Morgan fingerprint density at radius 3 is 2.00 bits per heavy atom. The van der Waals surface area contributed by atoms with Gasteiger partial charge >= 0.3 is 13.8 Å². The Kier molecular flexibility index (Phi) is 18.8. The molecule has 0 aromatic rings. The summed E-state index contributed by atoms with van der Waals surface area (Å²) >= 11 is 0. The van der Waals surface area contributed by atoms with Crippen molar-refractivity contribution in [3.05, 3.63) is 12.2 Å². The van der Waals surface area contributed by atoms with Gasteiger partial charge in [0.15, 0.2) is 0 Å². The minimum absolute atomic E-state index is 0.0502. The number of phosphoric ester groups is 1. The summed E-state index contributed by atoms with van der Waals surface area (Å²) in [6.45, 7) is 1.05. The summed E-state index contributed by atoms with van der Waals surface area (Å²) in [5.74, 6) is -0.799. The summed E-state index contributed by atoms with van der Waals surface area (Å²) in [6.07, 6.45) is 18.2. The van der Waals surface area contributed by atoms with E-state index in [1.54, 1.807) is 0 Å². The number of hydrogen-bond donors (Lipinski definition) is 3. The second-order valence-corrected chi connectivity index (χ2v) is 8.78. The van der Waals surface area contributed by atoms with Crippen molar-refractivity contribution in [1.29, 1.82) is 0 Å². The number of allylic oxidation sites excluding steroid dienone is 2. The highest BCUT2D eigenvalue weighted by molar-refractivity contribution is 7.48. The molecule has 0 bridgehead atoms. The first kappa shape index (κ1) is 28.3. The molecule has 1 unspecified atom stereocenters. The normalized spacial score (nSPS) is 14.8. The summed E-state index contributed by atoms with van der Waals surface area (Å²) in [6, 6.07) is 0. The zero-order valence-electron chi connectivity index (χ0n) is 18.0. The fourth-order valence-corrected chi connectivity index (χ4v) is 3.54. The van der Waals surface area contributed by atoms with Crippen LogP contribution in [0.3, 0.4) is 0 Å². The zero-order chi connectivity index (χ0) is 21.8. The molecule has 0 aliphatic carbocycles. The van der Waals surface area contributed by atoms with Crippen molar-refractivity contribution >= 4 is 13.8 Å². The molecule has 0 fully saturated rings. The van der Waals surface area contributed by atoms with Gasteiger partial charge in [0.25, 0.3) is 0 Å². The van der Waals surface area contributed by atoms with Gasteiger partial charge in [-0.05, 0) is 32.1 Å². The molecular weight excluding hydrogens is 395 g/mol. The largest absolute Gasteiger partial charge is 0.529 e. The lowest BCUT2D eigenvalue weighted by Gasteiger charge is -2.13. The number of carbonyl (C=O) groups is 1. The van der Waals surface area contributed by atoms with Gasteiger partial charge in [0.1, 0.15) is 6.10 Å². The molecule has 0 aliphatic heterocycles. The lowest BCUT2D eigenvalue weighted by molar-refractivity contribution is -0.136. The highest BCUT2D eigenvalue weighted by Crippen LogP contribution is 2.43. The fourth-order valence-electron chi connectivity index (χ4n) is 2.77. The Hall–Kier alpha value is -0.720. The van der Waals surface area contributed by atoms with Crippen molar-refractivity contribution in [2.45, 2.75) is 103 Å². The molecule has 0 aromatic heterocycles. The maximum atomic E-state index is 11.6. The molecule has 7 nitrogen and oxygen atoms in total. The van der Waals surface area contributed by atoms with E-state index in [0.717, 1.165) is 32.1 Å². The number of aliphatic hydroxyl groups excluding tert-OH is 2. The van der Waals surface area contributed by atoms with Crippen LogP contribution in [0.1, 0.15) is 96.8 Å². The van der Waals surface area contributed by atoms with Crippen LogP contribution in [0.15, 0.2) is 12.2 Å². The number of aliphatic hydroxyl groups is 2. The van der Waals surface area contributed by atoms with Crippen LogP contribution in [-0.4, -0.2) is 40.4 Å². The predicted molar refractivity (Wildman–Crippen MR) is 114 cm³/mol. The third-order valence-corrected chi connectivity index (χ3v) is 5.41. The monoisotopic (exact) mass is 436 g/mol. The van der Waals surface area contributed by atoms with E-state index in [-0.39, 0.29) is 6.42 Å². The topological polar surface area (TPSA) is 113 Å². The van der Waals surface area contributed by atoms with Gasteiger partial charge < -0.3 is 14.7 Å². The highest BCUT2D eigenvalue weighted by Gasteiger charge is 2.26. The number of unbranched alkanes of at least 4 members (excludes halogenated alkanes) is 11. The minimum atomic E-state index is -4.53. The van der Waals surface area contributed by atoms with Crippen molar-refractivity contribution in [1.82, 2.24) is 0 Å². The summed E-state index contributed by atoms with van der Waals surface area (Å²) < 4.78 is 20.3. The van der Waals surface area contributed by atoms with Crippen LogP contribution >= 0.6 is 7.82 Å². The number of carbonyl (C=O) groups excluding carboxylic acids is 1. The van der Waals surface area contributed by atoms with Gasteiger partial charge in [-0.2, -0.15) is 0 Å². The Morgan fingerprint density at radius 1 is 0.931 bits per heavy atom. The molecule has 0 aromatic carbocycles. The van der Waals surface area contributed by atoms with Crippen molar-refractivity contribution in [2.75, 3.05) is 13.2 Å². The van der Waals surface area contributed by atoms with Crippen molar-refractivity contribution in [3.63, 3.8) is 0 Å². The molecule has 2 atom stereocenters. The number of phosphoric acid groups is 1. The Labute approximate surface area is 176 Å². The molecule has 29 heavy (non-hydrogen) atoms. The molecule has 0 radical (unpaired) electrons. The van der Waals surface area contributed by atoms with Crippen molar-refractivity contribution < 1.29 is 33.5 Å². The number of hydrogen-bond acceptors (Lipinski definition) is 6. The molecule has 8 heteroatoms. The van der Waals surface area contributed by atoms with E-state index in [4.69, 9.17) is 10.2 Å². The Balaban J connectivity index is 3.50. The first-order valence-electron chi connectivity index (χ1n) is 11.0. The molecule has 172 valence electrons. The molecule has 0 rings (SSSR count). The average molecular weight is 437 g/mol. The molecule has 0 saturated carbocycles. The van der Waals surface area contributed by atoms with Crippen LogP contribution in [0.25, 0.3) is 0 Å². The van der Waals surface area contributed by atoms with E-state index < -0.39 is 33.1 Å². The zero-order valence-corrected chi connectivity index (χ0v) is 18.9. The number of rotatable bonds is 20. The SMILES string of the molecule is CCCCCCCC/C=C/CCCCCCCC(=O)OP(=O)(O)OC[C@H](O)CO. The lowest BCUT2D eigenvalue weighted by atomic mass is 10.1. The smallest absolute Gasteiger partial charge is 0.394 e. The van der Waals surface area contributed by atoms with Crippen molar-refractivity contribution in [2.24, 2.45) is 0 Å². The molecule has 3 N–H and O–H groups in total. The Morgan fingerprint density at radius 2 is 1.45 bits per heavy atom. The molecular formula is C21H41O7P. The van der Waals surface area contributed by atoms with Crippen LogP contribution in [0.4, 0.5) is 0 Å². The molecule has 0 spiro atoms. The van der Waals surface area contributed by atoms with Gasteiger partial charge in [0.2, 0.25) is 0 Å². The average Bonchev–Trinajstić information content (AvgIpc) is 2.68. The third kappa shape index (κ3) is 20.3. The fraction of sp³-hybridized carbons (Fsp3) is 0.857. The standard InChI is InChI=1S/C21H41O7P/c1-2-3-4-5-6-7-8-9-10-11-12-13-14-15-16-17-21(24)28-29(25,26)27-19-20(23)18-22/h9-10,20,22-23H,2-8,11-19H2,1H3,(H,25,26)/b10-9+/t20-/m1/s1. The van der Waals surface area contributed by atoms with E-state index >= 15 is 0 Å². The molecule has 0 aliphatic rings. The van der Waals surface area contributed by atoms with Gasteiger partial charge in [-0.1, -0.05) is 70.4 Å². The van der Waals surface area contributed by atoms with Crippen LogP contribution in [0.5, 0.6) is 0 Å². The van der Waals surface area contributed by atoms with Gasteiger partial charge in [-0.15, -0.1) is 0 Å². The lowest BCUT2D eigenvalue weighted by Crippen LogP contribution is -2.19. The predicted octanol–water partition coefficient (Wildman–Crippen LogP) is 5.04. The quantitative estimate of drug-likeness (QED) is 0.139. The van der Waals surface area contributed by atoms with Gasteiger partial charge in [-0.25, -0.2) is 4.57 Å². The summed E-state index contributed by atoms with van der Waals surface area (Å²) in [7, 11) is -4.53. The van der Waals surface area contributed by atoms with Gasteiger partial charge in [-0.3, -0.25) is 14.2 Å². The van der Waals surface area contributed by atoms with Crippen LogP contribution in [-0.2, 0) is 18.4 Å². The van der Waals surface area contributed by atoms with E-state index in [9.17, 15) is 14.3 Å². The van der Waals surface area contributed by atoms with Crippen LogP contribution in [0.2, 0.25) is 0 Å². The summed E-state index contributed by atoms with van der Waals surface area (Å²) in [4.78, 5) is 20.9. The maximum Gasteiger partial charge on any atom is 0.529 e. The molecule has 0 heterocycles. The first-order chi connectivity index (χ1) is 13.9. The van der Waals surface area contributed by atoms with E-state index in [0.29, 0.717) is 6.42 Å². The van der Waals surface area contributed by atoms with Crippen LogP contribution < -0.4 is 0 Å². The molecule has 0 saturated heterocycles. The molecule has 0 amide bonds.